The fraction of sp³-hybridized carbons (Fsp3) is 0.333. The molecule has 0 spiro atoms. The van der Waals surface area contributed by atoms with Crippen LogP contribution < -0.4 is 9.47 Å². The first-order valence-corrected chi connectivity index (χ1v) is 6.39. The Hall–Kier alpha value is -1.90. The highest BCUT2D eigenvalue weighted by Crippen LogP contribution is 2.31. The van der Waals surface area contributed by atoms with E-state index >= 15 is 0 Å². The number of aromatic nitrogens is 1. The van der Waals surface area contributed by atoms with Crippen LogP contribution in [-0.2, 0) is 13.0 Å². The maximum Gasteiger partial charge on any atom is 0.161 e. The lowest BCUT2D eigenvalue weighted by molar-refractivity contribution is 0.0900. The van der Waals surface area contributed by atoms with E-state index in [9.17, 15) is 0 Å². The summed E-state index contributed by atoms with van der Waals surface area (Å²) in [5.41, 5.74) is 1.30. The third-order valence-corrected chi connectivity index (χ3v) is 3.27. The third-order valence-electron chi connectivity index (χ3n) is 3.27. The molecule has 1 aliphatic rings. The number of hydrogen-bond donors (Lipinski definition) is 0. The molecule has 2 heterocycles. The molecule has 1 aliphatic heterocycles. The first kappa shape index (κ1) is 11.2. The highest BCUT2D eigenvalue weighted by atomic mass is 16.6. The minimum Gasteiger partial charge on any atom is -0.486 e. The van der Waals surface area contributed by atoms with Gasteiger partial charge in [0.25, 0.3) is 0 Å². The van der Waals surface area contributed by atoms with Gasteiger partial charge >= 0.3 is 0 Å². The molecule has 2 aromatic rings. The molecule has 0 radical (unpaired) electrons. The number of fused-ring (bicyclic) bond motifs is 1. The maximum absolute atomic E-state index is 5.97. The fourth-order valence-electron chi connectivity index (χ4n) is 2.34. The number of benzene rings is 1. The first-order valence-electron chi connectivity index (χ1n) is 6.39. The van der Waals surface area contributed by atoms with Gasteiger partial charge in [-0.15, -0.1) is 0 Å². The van der Waals surface area contributed by atoms with E-state index in [1.54, 1.807) is 0 Å². The summed E-state index contributed by atoms with van der Waals surface area (Å²) in [7, 11) is 0. The number of rotatable bonds is 3. The summed E-state index contributed by atoms with van der Waals surface area (Å²) in [6.07, 6.45) is 3.09. The van der Waals surface area contributed by atoms with E-state index < -0.39 is 0 Å². The lowest BCUT2D eigenvalue weighted by Gasteiger charge is -2.26. The molecule has 18 heavy (non-hydrogen) atoms. The van der Waals surface area contributed by atoms with E-state index in [4.69, 9.17) is 9.47 Å². The van der Waals surface area contributed by atoms with Crippen LogP contribution in [0.15, 0.2) is 42.6 Å². The minimum absolute atomic E-state index is 0.0973. The van der Waals surface area contributed by atoms with Gasteiger partial charge < -0.3 is 14.0 Å². The Morgan fingerprint density at radius 3 is 2.83 bits per heavy atom. The monoisotopic (exact) mass is 243 g/mol. The zero-order valence-electron chi connectivity index (χ0n) is 10.5. The molecule has 3 rings (SSSR count). The summed E-state index contributed by atoms with van der Waals surface area (Å²) in [5, 5.41) is 0. The van der Waals surface area contributed by atoms with Gasteiger partial charge in [-0.1, -0.05) is 12.1 Å². The van der Waals surface area contributed by atoms with Crippen molar-refractivity contribution in [3.8, 4) is 11.5 Å². The summed E-state index contributed by atoms with van der Waals surface area (Å²) in [5.74, 6) is 1.70. The second-order valence-electron chi connectivity index (χ2n) is 4.49. The highest BCUT2D eigenvalue weighted by molar-refractivity contribution is 5.40. The first-order chi connectivity index (χ1) is 8.86. The Kier molecular flexibility index (Phi) is 2.97. The molecule has 1 aromatic carbocycles. The largest absolute Gasteiger partial charge is 0.486 e. The van der Waals surface area contributed by atoms with Crippen LogP contribution in [-0.4, -0.2) is 17.3 Å². The number of para-hydroxylation sites is 2. The van der Waals surface area contributed by atoms with Gasteiger partial charge in [0, 0.05) is 24.9 Å². The van der Waals surface area contributed by atoms with Crippen molar-refractivity contribution in [3.05, 3.63) is 48.3 Å². The van der Waals surface area contributed by atoms with Gasteiger partial charge in [0.15, 0.2) is 11.5 Å². The van der Waals surface area contributed by atoms with Crippen molar-refractivity contribution in [3.63, 3.8) is 0 Å². The fourth-order valence-corrected chi connectivity index (χ4v) is 2.34. The second kappa shape index (κ2) is 4.77. The number of hydrogen-bond acceptors (Lipinski definition) is 2. The van der Waals surface area contributed by atoms with Crippen LogP contribution >= 0.6 is 0 Å². The quantitative estimate of drug-likeness (QED) is 0.827. The Bertz CT molecular complexity index is 533. The molecule has 94 valence electrons. The zero-order valence-corrected chi connectivity index (χ0v) is 10.5. The van der Waals surface area contributed by atoms with Crippen LogP contribution in [0.25, 0.3) is 0 Å². The molecule has 3 heteroatoms. The molecule has 1 aromatic heterocycles. The summed E-state index contributed by atoms with van der Waals surface area (Å²) in [6.45, 7) is 3.76. The number of nitrogens with zero attached hydrogens (tertiary/aromatic N) is 1. The Balaban J connectivity index is 1.73. The average molecular weight is 243 g/mol. The van der Waals surface area contributed by atoms with Crippen molar-refractivity contribution in [1.29, 1.82) is 0 Å². The molecule has 1 unspecified atom stereocenters. The molecule has 0 amide bonds. The summed E-state index contributed by atoms with van der Waals surface area (Å²) in [6, 6.07) is 12.1. The van der Waals surface area contributed by atoms with E-state index in [1.165, 1.54) is 5.69 Å². The van der Waals surface area contributed by atoms with Gasteiger partial charge in [0.05, 0.1) is 0 Å². The lowest BCUT2D eigenvalue weighted by atomic mass is 10.2. The molecule has 0 fully saturated rings. The van der Waals surface area contributed by atoms with Crippen molar-refractivity contribution < 1.29 is 9.47 Å². The maximum atomic E-state index is 5.97. The Morgan fingerprint density at radius 2 is 2.00 bits per heavy atom. The summed E-state index contributed by atoms with van der Waals surface area (Å²) in [4.78, 5) is 0. The SMILES string of the molecule is CCn1cccc1CC1COc2ccccc2O1. The van der Waals surface area contributed by atoms with Gasteiger partial charge in [0.2, 0.25) is 0 Å². The van der Waals surface area contributed by atoms with E-state index in [2.05, 4.69) is 29.8 Å². The van der Waals surface area contributed by atoms with Crippen molar-refractivity contribution in [1.82, 2.24) is 4.57 Å². The van der Waals surface area contributed by atoms with Gasteiger partial charge in [-0.25, -0.2) is 0 Å². The topological polar surface area (TPSA) is 23.4 Å². The van der Waals surface area contributed by atoms with Crippen LogP contribution in [0.2, 0.25) is 0 Å². The minimum atomic E-state index is 0.0973. The Morgan fingerprint density at radius 1 is 1.17 bits per heavy atom. The molecule has 0 N–H and O–H groups in total. The van der Waals surface area contributed by atoms with E-state index in [1.807, 2.05) is 24.3 Å². The van der Waals surface area contributed by atoms with E-state index in [0.29, 0.717) is 6.61 Å². The van der Waals surface area contributed by atoms with Gasteiger partial charge in [-0.2, -0.15) is 0 Å². The van der Waals surface area contributed by atoms with Crippen LogP contribution in [0.4, 0.5) is 0 Å². The molecular weight excluding hydrogens is 226 g/mol. The van der Waals surface area contributed by atoms with Gasteiger partial charge in [-0.3, -0.25) is 0 Å². The summed E-state index contributed by atoms with van der Waals surface area (Å²) >= 11 is 0. The van der Waals surface area contributed by atoms with Crippen molar-refractivity contribution in [2.45, 2.75) is 26.0 Å². The van der Waals surface area contributed by atoms with Crippen molar-refractivity contribution in [2.24, 2.45) is 0 Å². The molecule has 0 bridgehead atoms. The molecule has 0 saturated carbocycles. The van der Waals surface area contributed by atoms with E-state index in [0.717, 1.165) is 24.5 Å². The van der Waals surface area contributed by atoms with Crippen LogP contribution in [0.3, 0.4) is 0 Å². The molecular formula is C15H17NO2. The number of ether oxygens (including phenoxy) is 2. The lowest BCUT2D eigenvalue weighted by Crippen LogP contribution is -2.31. The number of aryl methyl sites for hydroxylation is 1. The second-order valence-corrected chi connectivity index (χ2v) is 4.49. The molecule has 0 aliphatic carbocycles. The van der Waals surface area contributed by atoms with Crippen molar-refractivity contribution in [2.75, 3.05) is 6.61 Å². The van der Waals surface area contributed by atoms with Crippen LogP contribution in [0.1, 0.15) is 12.6 Å². The van der Waals surface area contributed by atoms with Crippen LogP contribution in [0, 0.1) is 0 Å². The smallest absolute Gasteiger partial charge is 0.161 e. The normalized spacial score (nSPS) is 17.7. The summed E-state index contributed by atoms with van der Waals surface area (Å²) < 4.78 is 13.9. The van der Waals surface area contributed by atoms with Crippen LogP contribution in [0.5, 0.6) is 11.5 Å². The molecule has 0 saturated heterocycles. The third kappa shape index (κ3) is 2.08. The standard InChI is InChI=1S/C15H17NO2/c1-2-16-9-5-6-12(16)10-13-11-17-14-7-3-4-8-15(14)18-13/h3-9,13H,2,10-11H2,1H3. The zero-order chi connectivity index (χ0) is 12.4. The van der Waals surface area contributed by atoms with E-state index in [-0.39, 0.29) is 6.10 Å². The van der Waals surface area contributed by atoms with Gasteiger partial charge in [-0.05, 0) is 31.2 Å². The van der Waals surface area contributed by atoms with Gasteiger partial charge in [0.1, 0.15) is 12.7 Å². The predicted molar refractivity (Wildman–Crippen MR) is 70.2 cm³/mol. The predicted octanol–water partition coefficient (Wildman–Crippen LogP) is 2.89. The molecule has 3 nitrogen and oxygen atoms in total. The van der Waals surface area contributed by atoms with Crippen molar-refractivity contribution >= 4 is 0 Å². The molecule has 1 atom stereocenters. The highest BCUT2D eigenvalue weighted by Gasteiger charge is 2.21. The Labute approximate surface area is 107 Å². The average Bonchev–Trinajstić information content (AvgIpc) is 2.86.